The first-order chi connectivity index (χ1) is 8.50. The van der Waals surface area contributed by atoms with Gasteiger partial charge < -0.3 is 10.5 Å². The van der Waals surface area contributed by atoms with E-state index < -0.39 is 10.0 Å². The molecule has 1 aliphatic heterocycles. The number of nitrogens with zero attached hydrogens (tertiary/aromatic N) is 3. The number of hydrogen-bond acceptors (Lipinski definition) is 7. The van der Waals surface area contributed by atoms with Crippen molar-refractivity contribution in [3.05, 3.63) is 0 Å². The smallest absolute Gasteiger partial charge is 0.272 e. The first-order valence-electron chi connectivity index (χ1n) is 5.63. The van der Waals surface area contributed by atoms with Crippen molar-refractivity contribution in [2.24, 2.45) is 5.92 Å². The number of anilines is 1. The van der Waals surface area contributed by atoms with Crippen LogP contribution in [0.2, 0.25) is 0 Å². The van der Waals surface area contributed by atoms with Gasteiger partial charge >= 0.3 is 0 Å². The fraction of sp³-hybridized carbons (Fsp3) is 0.778. The lowest BCUT2D eigenvalue weighted by Crippen LogP contribution is -2.34. The van der Waals surface area contributed by atoms with E-state index in [2.05, 4.69) is 10.2 Å². The molecular weight excluding hydrogens is 276 g/mol. The van der Waals surface area contributed by atoms with E-state index in [0.29, 0.717) is 25.7 Å². The summed E-state index contributed by atoms with van der Waals surface area (Å²) in [4.78, 5) is 0. The first-order valence-corrected chi connectivity index (χ1v) is 7.89. The van der Waals surface area contributed by atoms with Crippen LogP contribution in [0.3, 0.4) is 0 Å². The Balaban J connectivity index is 2.05. The molecular formula is C9H16N4O3S2. The Hall–Kier alpha value is -0.770. The fourth-order valence-corrected chi connectivity index (χ4v) is 4.07. The Morgan fingerprint density at radius 1 is 1.44 bits per heavy atom. The van der Waals surface area contributed by atoms with E-state index in [-0.39, 0.29) is 9.47 Å². The van der Waals surface area contributed by atoms with Crippen LogP contribution in [-0.2, 0) is 14.8 Å². The summed E-state index contributed by atoms with van der Waals surface area (Å²) in [5, 5.41) is 7.28. The van der Waals surface area contributed by atoms with Gasteiger partial charge in [-0.25, -0.2) is 8.42 Å². The zero-order chi connectivity index (χ0) is 13.2. The van der Waals surface area contributed by atoms with Gasteiger partial charge in [0.2, 0.25) is 9.47 Å². The molecule has 0 spiro atoms. The van der Waals surface area contributed by atoms with Crippen LogP contribution < -0.4 is 5.73 Å². The third kappa shape index (κ3) is 2.97. The van der Waals surface area contributed by atoms with Crippen LogP contribution >= 0.6 is 11.3 Å². The lowest BCUT2D eigenvalue weighted by atomic mass is 10.0. The molecule has 7 nitrogen and oxygen atoms in total. The molecule has 2 heterocycles. The number of ether oxygens (including phenoxy) is 1. The average molecular weight is 292 g/mol. The summed E-state index contributed by atoms with van der Waals surface area (Å²) in [6.07, 6.45) is 1.77. The second kappa shape index (κ2) is 5.47. The molecule has 2 rings (SSSR count). The van der Waals surface area contributed by atoms with Crippen LogP contribution in [0.15, 0.2) is 4.34 Å². The summed E-state index contributed by atoms with van der Waals surface area (Å²) in [6, 6.07) is 0. The maximum atomic E-state index is 12.2. The number of nitrogen functional groups attached to an aromatic ring is 1. The van der Waals surface area contributed by atoms with Crippen molar-refractivity contribution in [1.82, 2.24) is 14.5 Å². The van der Waals surface area contributed by atoms with E-state index in [4.69, 9.17) is 10.5 Å². The fourth-order valence-electron chi connectivity index (χ4n) is 1.85. The summed E-state index contributed by atoms with van der Waals surface area (Å²) >= 11 is 0.886. The Labute approximate surface area is 110 Å². The molecule has 1 aliphatic rings. The quantitative estimate of drug-likeness (QED) is 0.849. The second-order valence-electron chi connectivity index (χ2n) is 4.25. The number of nitrogens with two attached hydrogens (primary N) is 1. The normalized spacial score (nSPS) is 18.3. The number of sulfonamides is 1. The Kier molecular flexibility index (Phi) is 4.15. The third-order valence-corrected chi connectivity index (χ3v) is 5.83. The highest BCUT2D eigenvalue weighted by molar-refractivity contribution is 7.91. The van der Waals surface area contributed by atoms with Gasteiger partial charge in [-0.15, -0.1) is 10.2 Å². The SMILES string of the molecule is CN(CC1CCOCC1)S(=O)(=O)c1nnc(N)s1. The predicted molar refractivity (Wildman–Crippen MR) is 67.7 cm³/mol. The van der Waals surface area contributed by atoms with Gasteiger partial charge in [0.1, 0.15) is 0 Å². The first kappa shape index (κ1) is 13.7. The number of hydrogen-bond donors (Lipinski definition) is 1. The second-order valence-corrected chi connectivity index (χ2v) is 7.48. The lowest BCUT2D eigenvalue weighted by Gasteiger charge is -2.25. The van der Waals surface area contributed by atoms with Crippen molar-refractivity contribution in [2.45, 2.75) is 17.2 Å². The molecule has 18 heavy (non-hydrogen) atoms. The standard InChI is InChI=1S/C9H16N4O3S2/c1-13(6-7-2-4-16-5-3-7)18(14,15)9-12-11-8(10)17-9/h7H,2-6H2,1H3,(H2,10,11). The van der Waals surface area contributed by atoms with Gasteiger partial charge in [0.15, 0.2) is 0 Å². The zero-order valence-corrected chi connectivity index (χ0v) is 11.7. The van der Waals surface area contributed by atoms with Crippen molar-refractivity contribution in [1.29, 1.82) is 0 Å². The van der Waals surface area contributed by atoms with Crippen molar-refractivity contribution in [2.75, 3.05) is 32.5 Å². The largest absolute Gasteiger partial charge is 0.381 e. The molecule has 0 amide bonds. The van der Waals surface area contributed by atoms with Crippen molar-refractivity contribution in [3.63, 3.8) is 0 Å². The molecule has 102 valence electrons. The van der Waals surface area contributed by atoms with Crippen LogP contribution in [-0.4, -0.2) is 49.7 Å². The number of aromatic nitrogens is 2. The molecule has 0 unspecified atom stereocenters. The topological polar surface area (TPSA) is 98.4 Å². The van der Waals surface area contributed by atoms with Crippen LogP contribution in [0.25, 0.3) is 0 Å². The predicted octanol–water partition coefficient (Wildman–Crippen LogP) is 0.167. The molecule has 0 atom stereocenters. The van der Waals surface area contributed by atoms with Gasteiger partial charge in [-0.2, -0.15) is 4.31 Å². The summed E-state index contributed by atoms with van der Waals surface area (Å²) in [5.74, 6) is 0.337. The highest BCUT2D eigenvalue weighted by Gasteiger charge is 2.28. The minimum Gasteiger partial charge on any atom is -0.381 e. The number of rotatable bonds is 4. The molecule has 0 saturated carbocycles. The van der Waals surface area contributed by atoms with Gasteiger partial charge in [0, 0.05) is 26.8 Å². The van der Waals surface area contributed by atoms with Gasteiger partial charge in [-0.1, -0.05) is 11.3 Å². The molecule has 0 bridgehead atoms. The summed E-state index contributed by atoms with van der Waals surface area (Å²) in [6.45, 7) is 1.87. The molecule has 1 aromatic rings. The van der Waals surface area contributed by atoms with Crippen molar-refractivity contribution >= 4 is 26.5 Å². The van der Waals surface area contributed by atoms with Crippen molar-refractivity contribution < 1.29 is 13.2 Å². The molecule has 0 radical (unpaired) electrons. The van der Waals surface area contributed by atoms with E-state index >= 15 is 0 Å². The van der Waals surface area contributed by atoms with Gasteiger partial charge in [-0.3, -0.25) is 0 Å². The van der Waals surface area contributed by atoms with Crippen LogP contribution in [0.5, 0.6) is 0 Å². The van der Waals surface area contributed by atoms with E-state index in [9.17, 15) is 8.42 Å². The monoisotopic (exact) mass is 292 g/mol. The van der Waals surface area contributed by atoms with Crippen LogP contribution in [0, 0.1) is 5.92 Å². The zero-order valence-electron chi connectivity index (χ0n) is 10.1. The Bertz CT molecular complexity index is 496. The minimum absolute atomic E-state index is 0.0467. The van der Waals surface area contributed by atoms with Gasteiger partial charge in [0.05, 0.1) is 0 Å². The van der Waals surface area contributed by atoms with Crippen molar-refractivity contribution in [3.8, 4) is 0 Å². The molecule has 1 saturated heterocycles. The Morgan fingerprint density at radius 2 is 2.11 bits per heavy atom. The van der Waals surface area contributed by atoms with E-state index in [0.717, 1.165) is 24.2 Å². The van der Waals surface area contributed by atoms with E-state index in [1.54, 1.807) is 7.05 Å². The molecule has 0 aromatic carbocycles. The molecule has 9 heteroatoms. The van der Waals surface area contributed by atoms with Gasteiger partial charge in [-0.05, 0) is 18.8 Å². The highest BCUT2D eigenvalue weighted by atomic mass is 32.2. The minimum atomic E-state index is -3.56. The molecule has 1 fully saturated rings. The molecule has 1 aromatic heterocycles. The maximum Gasteiger partial charge on any atom is 0.272 e. The van der Waals surface area contributed by atoms with Crippen LogP contribution in [0.1, 0.15) is 12.8 Å². The highest BCUT2D eigenvalue weighted by Crippen LogP contribution is 2.23. The van der Waals surface area contributed by atoms with E-state index in [1.165, 1.54) is 4.31 Å². The molecule has 0 aliphatic carbocycles. The van der Waals surface area contributed by atoms with Gasteiger partial charge in [0.25, 0.3) is 10.0 Å². The van der Waals surface area contributed by atoms with Crippen LogP contribution in [0.4, 0.5) is 5.13 Å². The lowest BCUT2D eigenvalue weighted by molar-refractivity contribution is 0.0620. The summed E-state index contributed by atoms with van der Waals surface area (Å²) < 4.78 is 30.9. The summed E-state index contributed by atoms with van der Waals surface area (Å²) in [7, 11) is -2.00. The molecule has 2 N–H and O–H groups in total. The average Bonchev–Trinajstić information content (AvgIpc) is 2.78. The van der Waals surface area contributed by atoms with E-state index in [1.807, 2.05) is 0 Å². The summed E-state index contributed by atoms with van der Waals surface area (Å²) in [5.41, 5.74) is 5.41. The third-order valence-electron chi connectivity index (χ3n) is 2.91. The Morgan fingerprint density at radius 3 is 2.67 bits per heavy atom. The maximum absolute atomic E-state index is 12.2.